The maximum Gasteiger partial charge on any atom is 0.319 e. The lowest BCUT2D eigenvalue weighted by atomic mass is 10.0. The molecule has 1 fully saturated rings. The van der Waals surface area contributed by atoms with Crippen LogP contribution in [0.5, 0.6) is 0 Å². The first-order valence-corrected chi connectivity index (χ1v) is 8.97. The normalized spacial score (nSPS) is 16.3. The lowest BCUT2D eigenvalue weighted by Crippen LogP contribution is -2.41. The van der Waals surface area contributed by atoms with Crippen molar-refractivity contribution in [3.8, 4) is 0 Å². The van der Waals surface area contributed by atoms with Crippen molar-refractivity contribution < 1.29 is 14.6 Å². The number of hydrogen-bond acceptors (Lipinski definition) is 3. The number of amides is 2. The Bertz CT molecular complexity index is 496. The van der Waals surface area contributed by atoms with Gasteiger partial charge in [-0.2, -0.15) is 0 Å². The monoisotopic (exact) mass is 334 g/mol. The number of nitrogens with one attached hydrogen (secondary N) is 2. The van der Waals surface area contributed by atoms with E-state index in [2.05, 4.69) is 10.6 Å². The van der Waals surface area contributed by atoms with Crippen molar-refractivity contribution in [1.29, 1.82) is 0 Å². The Labute approximate surface area is 144 Å². The standard InChI is InChI=1S/C19H30N2O3/c1-14(2)18(11-12-22)21-19(23)20-16-9-7-15(8-10-16)13-24-17-5-3-4-6-17/h7-10,14,17-18,22H,3-6,11-13H2,1-2H3,(H2,20,21,23). The number of ether oxygens (including phenoxy) is 1. The van der Waals surface area contributed by atoms with E-state index in [0.717, 1.165) is 11.3 Å². The summed E-state index contributed by atoms with van der Waals surface area (Å²) in [7, 11) is 0. The molecule has 1 aromatic carbocycles. The van der Waals surface area contributed by atoms with E-state index in [1.165, 1.54) is 25.7 Å². The highest BCUT2D eigenvalue weighted by Crippen LogP contribution is 2.22. The summed E-state index contributed by atoms with van der Waals surface area (Å²) in [6.07, 6.45) is 5.86. The van der Waals surface area contributed by atoms with Gasteiger partial charge in [0.2, 0.25) is 0 Å². The summed E-state index contributed by atoms with van der Waals surface area (Å²) in [4.78, 5) is 12.1. The summed E-state index contributed by atoms with van der Waals surface area (Å²) in [5.74, 6) is 0.276. The number of urea groups is 1. The molecular formula is C19H30N2O3. The predicted octanol–water partition coefficient (Wildman–Crippen LogP) is 3.67. The van der Waals surface area contributed by atoms with E-state index in [1.54, 1.807) is 0 Å². The van der Waals surface area contributed by atoms with E-state index >= 15 is 0 Å². The van der Waals surface area contributed by atoms with Crippen LogP contribution in [0.3, 0.4) is 0 Å². The summed E-state index contributed by atoms with van der Waals surface area (Å²) >= 11 is 0. The average Bonchev–Trinajstić information content (AvgIpc) is 3.07. The van der Waals surface area contributed by atoms with Gasteiger partial charge in [-0.05, 0) is 42.9 Å². The summed E-state index contributed by atoms with van der Waals surface area (Å²) in [6, 6.07) is 7.48. The van der Waals surface area contributed by atoms with Gasteiger partial charge in [-0.1, -0.05) is 38.8 Å². The number of carbonyl (C=O) groups excluding carboxylic acids is 1. The zero-order valence-electron chi connectivity index (χ0n) is 14.8. The molecule has 1 aliphatic rings. The fourth-order valence-electron chi connectivity index (χ4n) is 3.00. The fraction of sp³-hybridized carbons (Fsp3) is 0.632. The van der Waals surface area contributed by atoms with Gasteiger partial charge in [-0.15, -0.1) is 0 Å². The van der Waals surface area contributed by atoms with Gasteiger partial charge in [0, 0.05) is 18.3 Å². The average molecular weight is 334 g/mol. The molecule has 1 unspecified atom stereocenters. The van der Waals surface area contributed by atoms with Gasteiger partial charge >= 0.3 is 6.03 Å². The molecule has 0 saturated heterocycles. The Kier molecular flexibility index (Phi) is 7.53. The molecule has 5 heteroatoms. The van der Waals surface area contributed by atoms with Crippen molar-refractivity contribution in [1.82, 2.24) is 5.32 Å². The van der Waals surface area contributed by atoms with Gasteiger partial charge in [0.25, 0.3) is 0 Å². The summed E-state index contributed by atoms with van der Waals surface area (Å²) in [5, 5.41) is 14.8. The Morgan fingerprint density at radius 2 is 1.92 bits per heavy atom. The molecular weight excluding hydrogens is 304 g/mol. The van der Waals surface area contributed by atoms with Crippen LogP contribution < -0.4 is 10.6 Å². The molecule has 3 N–H and O–H groups in total. The lowest BCUT2D eigenvalue weighted by molar-refractivity contribution is 0.0457. The highest BCUT2D eigenvalue weighted by atomic mass is 16.5. The number of benzene rings is 1. The Morgan fingerprint density at radius 3 is 2.50 bits per heavy atom. The molecule has 0 spiro atoms. The zero-order valence-corrected chi connectivity index (χ0v) is 14.8. The number of rotatable bonds is 8. The Balaban J connectivity index is 1.78. The number of carbonyl (C=O) groups is 1. The topological polar surface area (TPSA) is 70.6 Å². The minimum Gasteiger partial charge on any atom is -0.396 e. The summed E-state index contributed by atoms with van der Waals surface area (Å²) < 4.78 is 5.89. The van der Waals surface area contributed by atoms with Crippen molar-refractivity contribution >= 4 is 11.7 Å². The molecule has 0 radical (unpaired) electrons. The fourth-order valence-corrected chi connectivity index (χ4v) is 3.00. The van der Waals surface area contributed by atoms with Crippen molar-refractivity contribution in [2.24, 2.45) is 5.92 Å². The van der Waals surface area contributed by atoms with E-state index in [1.807, 2.05) is 38.1 Å². The van der Waals surface area contributed by atoms with Gasteiger partial charge in [0.15, 0.2) is 0 Å². The van der Waals surface area contributed by atoms with Crippen LogP contribution in [0.1, 0.15) is 51.5 Å². The molecule has 0 heterocycles. The molecule has 1 atom stereocenters. The molecule has 134 valence electrons. The third kappa shape index (κ3) is 6.13. The van der Waals surface area contributed by atoms with Crippen LogP contribution in [0.15, 0.2) is 24.3 Å². The molecule has 2 rings (SSSR count). The van der Waals surface area contributed by atoms with Crippen LogP contribution in [-0.4, -0.2) is 29.9 Å². The smallest absolute Gasteiger partial charge is 0.319 e. The second-order valence-corrected chi connectivity index (χ2v) is 6.88. The highest BCUT2D eigenvalue weighted by Gasteiger charge is 2.16. The second kappa shape index (κ2) is 9.64. The number of hydrogen-bond donors (Lipinski definition) is 3. The first-order valence-electron chi connectivity index (χ1n) is 8.97. The van der Waals surface area contributed by atoms with Crippen LogP contribution in [0.25, 0.3) is 0 Å². The maximum absolute atomic E-state index is 12.1. The van der Waals surface area contributed by atoms with Gasteiger partial charge in [-0.3, -0.25) is 0 Å². The number of anilines is 1. The van der Waals surface area contributed by atoms with Crippen LogP contribution in [0, 0.1) is 5.92 Å². The Morgan fingerprint density at radius 1 is 1.25 bits per heavy atom. The van der Waals surface area contributed by atoms with Crippen LogP contribution in [0.4, 0.5) is 10.5 Å². The number of aliphatic hydroxyl groups is 1. The van der Waals surface area contributed by atoms with Crippen LogP contribution in [0.2, 0.25) is 0 Å². The molecule has 1 saturated carbocycles. The summed E-state index contributed by atoms with van der Waals surface area (Å²) in [5.41, 5.74) is 1.87. The largest absolute Gasteiger partial charge is 0.396 e. The maximum atomic E-state index is 12.1. The molecule has 0 aromatic heterocycles. The van der Waals surface area contributed by atoms with Crippen molar-refractivity contribution in [2.45, 2.75) is 64.7 Å². The van der Waals surface area contributed by atoms with Gasteiger partial charge < -0.3 is 20.5 Å². The number of aliphatic hydroxyl groups excluding tert-OH is 1. The van der Waals surface area contributed by atoms with E-state index in [0.29, 0.717) is 19.1 Å². The van der Waals surface area contributed by atoms with Crippen molar-refractivity contribution in [3.63, 3.8) is 0 Å². The minimum atomic E-state index is -0.239. The SMILES string of the molecule is CC(C)C(CCO)NC(=O)Nc1ccc(COC2CCCC2)cc1. The molecule has 2 amide bonds. The van der Waals surface area contributed by atoms with E-state index < -0.39 is 0 Å². The third-order valence-corrected chi connectivity index (χ3v) is 4.56. The quantitative estimate of drug-likeness (QED) is 0.679. The lowest BCUT2D eigenvalue weighted by Gasteiger charge is -2.21. The van der Waals surface area contributed by atoms with Gasteiger partial charge in [0.05, 0.1) is 12.7 Å². The first-order chi connectivity index (χ1) is 11.6. The van der Waals surface area contributed by atoms with Crippen LogP contribution >= 0.6 is 0 Å². The molecule has 1 aliphatic carbocycles. The first kappa shape index (κ1) is 18.7. The Hall–Kier alpha value is -1.59. The van der Waals surface area contributed by atoms with E-state index in [-0.39, 0.29) is 24.6 Å². The minimum absolute atomic E-state index is 0.0333. The highest BCUT2D eigenvalue weighted by molar-refractivity contribution is 5.89. The van der Waals surface area contributed by atoms with E-state index in [4.69, 9.17) is 9.84 Å². The van der Waals surface area contributed by atoms with E-state index in [9.17, 15) is 4.79 Å². The molecule has 24 heavy (non-hydrogen) atoms. The molecule has 5 nitrogen and oxygen atoms in total. The van der Waals surface area contributed by atoms with Gasteiger partial charge in [0.1, 0.15) is 0 Å². The second-order valence-electron chi connectivity index (χ2n) is 6.88. The van der Waals surface area contributed by atoms with Crippen molar-refractivity contribution in [3.05, 3.63) is 29.8 Å². The summed E-state index contributed by atoms with van der Waals surface area (Å²) in [6.45, 7) is 4.75. The third-order valence-electron chi connectivity index (χ3n) is 4.56. The predicted molar refractivity (Wildman–Crippen MR) is 96.0 cm³/mol. The molecule has 0 bridgehead atoms. The van der Waals surface area contributed by atoms with Crippen LogP contribution in [-0.2, 0) is 11.3 Å². The zero-order chi connectivity index (χ0) is 17.4. The molecule has 0 aliphatic heterocycles. The van der Waals surface area contributed by atoms with Crippen molar-refractivity contribution in [2.75, 3.05) is 11.9 Å². The van der Waals surface area contributed by atoms with Gasteiger partial charge in [-0.25, -0.2) is 4.79 Å². The molecule has 1 aromatic rings.